The van der Waals surface area contributed by atoms with Crippen LogP contribution in [0, 0.1) is 0 Å². The minimum Gasteiger partial charge on any atom is -0.507 e. The van der Waals surface area contributed by atoms with Crippen LogP contribution in [0.2, 0.25) is 0 Å². The van der Waals surface area contributed by atoms with Gasteiger partial charge in [0.15, 0.2) is 5.65 Å². The van der Waals surface area contributed by atoms with E-state index in [4.69, 9.17) is 0 Å². The second-order valence-electron chi connectivity index (χ2n) is 6.32. The number of aromatic hydroxyl groups is 1. The Morgan fingerprint density at radius 3 is 2.48 bits per heavy atom. The molecule has 0 saturated carbocycles. The molecule has 2 aromatic heterocycles. The van der Waals surface area contributed by atoms with E-state index in [0.29, 0.717) is 32.8 Å². The van der Waals surface area contributed by atoms with Gasteiger partial charge in [-0.15, -0.1) is 0 Å². The van der Waals surface area contributed by atoms with Gasteiger partial charge in [-0.1, -0.05) is 24.3 Å². The van der Waals surface area contributed by atoms with Gasteiger partial charge < -0.3 is 10.4 Å². The van der Waals surface area contributed by atoms with Gasteiger partial charge in [-0.3, -0.25) is 0 Å². The molecular formula is C20H14BrF3N4O. The molecule has 0 unspecified atom stereocenters. The lowest BCUT2D eigenvalue weighted by Crippen LogP contribution is -2.08. The summed E-state index contributed by atoms with van der Waals surface area (Å²) >= 11 is 3.41. The Hall–Kier alpha value is -3.07. The number of phenolic OH excluding ortho intramolecular Hbond substituents is 1. The molecule has 5 nitrogen and oxygen atoms in total. The number of alkyl halides is 3. The normalized spacial score (nSPS) is 11.7. The van der Waals surface area contributed by atoms with Gasteiger partial charge in [0, 0.05) is 18.2 Å². The Morgan fingerprint density at radius 1 is 1.07 bits per heavy atom. The number of para-hydroxylation sites is 1. The van der Waals surface area contributed by atoms with E-state index in [1.165, 1.54) is 12.1 Å². The van der Waals surface area contributed by atoms with E-state index >= 15 is 0 Å². The molecule has 148 valence electrons. The molecule has 9 heteroatoms. The highest BCUT2D eigenvalue weighted by molar-refractivity contribution is 9.10. The van der Waals surface area contributed by atoms with Crippen LogP contribution in [0.15, 0.2) is 65.3 Å². The molecule has 4 aromatic rings. The molecule has 29 heavy (non-hydrogen) atoms. The lowest BCUT2D eigenvalue weighted by molar-refractivity contribution is -0.137. The molecule has 0 spiro atoms. The quantitative estimate of drug-likeness (QED) is 0.420. The monoisotopic (exact) mass is 462 g/mol. The fraction of sp³-hybridized carbons (Fsp3) is 0.100. The van der Waals surface area contributed by atoms with E-state index in [0.717, 1.165) is 12.1 Å². The third-order valence-electron chi connectivity index (χ3n) is 4.36. The Labute approximate surface area is 172 Å². The summed E-state index contributed by atoms with van der Waals surface area (Å²) in [5.41, 5.74) is 1.62. The predicted molar refractivity (Wildman–Crippen MR) is 107 cm³/mol. The van der Waals surface area contributed by atoms with Crippen LogP contribution in [0.3, 0.4) is 0 Å². The zero-order valence-corrected chi connectivity index (χ0v) is 16.4. The number of hydrogen-bond acceptors (Lipinski definition) is 4. The smallest absolute Gasteiger partial charge is 0.416 e. The largest absolute Gasteiger partial charge is 0.507 e. The maximum atomic E-state index is 12.7. The Morgan fingerprint density at radius 2 is 1.79 bits per heavy atom. The standard InChI is InChI=1S/C20H14BrF3N4O/c21-15-11-26-28-18(25-10-12-5-7-13(8-6-12)20(22,23)24)9-16(27-19(15)28)14-3-1-2-4-17(14)29/h1-9,11,25,29H,10H2. The lowest BCUT2D eigenvalue weighted by atomic mass is 10.1. The topological polar surface area (TPSA) is 62.5 Å². The molecule has 0 amide bonds. The first kappa shape index (κ1) is 19.3. The summed E-state index contributed by atoms with van der Waals surface area (Å²) in [5, 5.41) is 17.6. The van der Waals surface area contributed by atoms with Gasteiger partial charge in [-0.25, -0.2) is 4.98 Å². The first-order valence-corrected chi connectivity index (χ1v) is 9.35. The Bertz CT molecular complexity index is 1170. The first-order valence-electron chi connectivity index (χ1n) is 8.55. The van der Waals surface area contributed by atoms with Gasteiger partial charge >= 0.3 is 6.18 Å². The maximum absolute atomic E-state index is 12.7. The van der Waals surface area contributed by atoms with Crippen molar-refractivity contribution in [1.29, 1.82) is 0 Å². The van der Waals surface area contributed by atoms with E-state index in [1.54, 1.807) is 41.0 Å². The minimum absolute atomic E-state index is 0.0914. The first-order chi connectivity index (χ1) is 13.8. The van der Waals surface area contributed by atoms with E-state index in [1.807, 2.05) is 0 Å². The highest BCUT2D eigenvalue weighted by Crippen LogP contribution is 2.32. The van der Waals surface area contributed by atoms with Crippen molar-refractivity contribution < 1.29 is 18.3 Å². The average molecular weight is 463 g/mol. The van der Waals surface area contributed by atoms with Crippen LogP contribution in [0.1, 0.15) is 11.1 Å². The summed E-state index contributed by atoms with van der Waals surface area (Å²) < 4.78 is 40.4. The van der Waals surface area contributed by atoms with Gasteiger partial charge in [0.05, 0.1) is 21.9 Å². The van der Waals surface area contributed by atoms with Gasteiger partial charge in [0.2, 0.25) is 0 Å². The van der Waals surface area contributed by atoms with Crippen molar-refractivity contribution in [3.63, 3.8) is 0 Å². The molecule has 0 bridgehead atoms. The van der Waals surface area contributed by atoms with Crippen LogP contribution in [-0.2, 0) is 12.7 Å². The Kier molecular flexibility index (Phi) is 4.91. The summed E-state index contributed by atoms with van der Waals surface area (Å²) in [6, 6.07) is 13.5. The van der Waals surface area contributed by atoms with Gasteiger partial charge in [0.25, 0.3) is 0 Å². The molecule has 2 aromatic carbocycles. The zero-order chi connectivity index (χ0) is 20.6. The second-order valence-corrected chi connectivity index (χ2v) is 7.17. The van der Waals surface area contributed by atoms with E-state index in [2.05, 4.69) is 31.3 Å². The molecule has 0 aliphatic carbocycles. The van der Waals surface area contributed by atoms with Crippen LogP contribution in [0.25, 0.3) is 16.9 Å². The SMILES string of the molecule is Oc1ccccc1-c1cc(NCc2ccc(C(F)(F)F)cc2)n2ncc(Br)c2n1. The summed E-state index contributed by atoms with van der Waals surface area (Å²) in [6.45, 7) is 0.287. The molecule has 2 heterocycles. The summed E-state index contributed by atoms with van der Waals surface area (Å²) in [6.07, 6.45) is -2.77. The molecule has 0 saturated heterocycles. The number of hydrogen-bond donors (Lipinski definition) is 2. The number of nitrogens with zero attached hydrogens (tertiary/aromatic N) is 3. The minimum atomic E-state index is -4.36. The predicted octanol–water partition coefficient (Wildman–Crippen LogP) is 5.50. The van der Waals surface area contributed by atoms with Crippen molar-refractivity contribution in [2.24, 2.45) is 0 Å². The zero-order valence-electron chi connectivity index (χ0n) is 14.8. The van der Waals surface area contributed by atoms with Crippen molar-refractivity contribution in [3.8, 4) is 17.0 Å². The summed E-state index contributed by atoms with van der Waals surface area (Å²) in [5.74, 6) is 0.674. The third-order valence-corrected chi connectivity index (χ3v) is 4.92. The van der Waals surface area contributed by atoms with Gasteiger partial charge in [-0.2, -0.15) is 22.8 Å². The second kappa shape index (κ2) is 7.40. The summed E-state index contributed by atoms with van der Waals surface area (Å²) in [4.78, 5) is 4.55. The van der Waals surface area contributed by atoms with Crippen LogP contribution in [-0.4, -0.2) is 19.7 Å². The number of rotatable bonds is 4. The molecule has 0 aliphatic rings. The van der Waals surface area contributed by atoms with Crippen molar-refractivity contribution in [2.75, 3.05) is 5.32 Å². The molecule has 0 atom stereocenters. The number of aromatic nitrogens is 3. The van der Waals surface area contributed by atoms with Gasteiger partial charge in [-0.05, 0) is 45.8 Å². The van der Waals surface area contributed by atoms with E-state index in [9.17, 15) is 18.3 Å². The molecule has 0 radical (unpaired) electrons. The van der Waals surface area contributed by atoms with E-state index in [-0.39, 0.29) is 12.3 Å². The maximum Gasteiger partial charge on any atom is 0.416 e. The highest BCUT2D eigenvalue weighted by atomic mass is 79.9. The van der Waals surface area contributed by atoms with Crippen molar-refractivity contribution in [3.05, 3.63) is 76.4 Å². The van der Waals surface area contributed by atoms with Crippen LogP contribution < -0.4 is 5.32 Å². The van der Waals surface area contributed by atoms with Crippen molar-refractivity contribution >= 4 is 27.4 Å². The number of fused-ring (bicyclic) bond motifs is 1. The summed E-state index contributed by atoms with van der Waals surface area (Å²) in [7, 11) is 0. The molecule has 4 rings (SSSR count). The van der Waals surface area contributed by atoms with Crippen molar-refractivity contribution in [1.82, 2.24) is 14.6 Å². The van der Waals surface area contributed by atoms with Gasteiger partial charge in [0.1, 0.15) is 11.6 Å². The van der Waals surface area contributed by atoms with Crippen LogP contribution >= 0.6 is 15.9 Å². The number of benzene rings is 2. The average Bonchev–Trinajstić information content (AvgIpc) is 3.07. The molecule has 2 N–H and O–H groups in total. The lowest BCUT2D eigenvalue weighted by Gasteiger charge is -2.12. The van der Waals surface area contributed by atoms with Crippen molar-refractivity contribution in [2.45, 2.75) is 12.7 Å². The fourth-order valence-corrected chi connectivity index (χ4v) is 3.24. The number of phenols is 1. The third kappa shape index (κ3) is 3.91. The molecule has 0 aliphatic heterocycles. The van der Waals surface area contributed by atoms with E-state index < -0.39 is 11.7 Å². The number of halogens is 4. The Balaban J connectivity index is 1.67. The number of anilines is 1. The highest BCUT2D eigenvalue weighted by Gasteiger charge is 2.29. The molecular weight excluding hydrogens is 449 g/mol. The molecule has 0 fully saturated rings. The number of nitrogens with one attached hydrogen (secondary N) is 1. The fourth-order valence-electron chi connectivity index (χ4n) is 2.89. The van der Waals surface area contributed by atoms with Crippen LogP contribution in [0.4, 0.5) is 19.0 Å². The van der Waals surface area contributed by atoms with Crippen LogP contribution in [0.5, 0.6) is 5.75 Å².